The fourth-order valence-electron chi connectivity index (χ4n) is 2.79. The Morgan fingerprint density at radius 1 is 1.48 bits per heavy atom. The van der Waals surface area contributed by atoms with Crippen LogP contribution in [0.15, 0.2) is 16.6 Å². The Balaban J connectivity index is 2.52. The molecule has 0 radical (unpaired) electrons. The second-order valence-electron chi connectivity index (χ2n) is 5.53. The third kappa shape index (κ3) is 2.74. The molecular formula is C14H17BrN2O4. The lowest BCUT2D eigenvalue weighted by molar-refractivity contribution is -0.385. The van der Waals surface area contributed by atoms with E-state index in [0.29, 0.717) is 28.7 Å². The van der Waals surface area contributed by atoms with Gasteiger partial charge in [0.15, 0.2) is 0 Å². The first-order chi connectivity index (χ1) is 9.77. The van der Waals surface area contributed by atoms with Crippen LogP contribution in [0.25, 0.3) is 0 Å². The standard InChI is InChI=1S/C14H17BrN2O4/c1-9-7-12(10(15)8-11(9)17(20)21)16-6-4-3-5-14(16,2)13(18)19/h7-8H,3-6H2,1-2H3,(H,18,19). The zero-order valence-electron chi connectivity index (χ0n) is 11.9. The molecule has 2 rings (SSSR count). The fourth-order valence-corrected chi connectivity index (χ4v) is 3.33. The average Bonchev–Trinajstić information content (AvgIpc) is 2.41. The van der Waals surface area contributed by atoms with Crippen LogP contribution in [0.4, 0.5) is 11.4 Å². The molecule has 114 valence electrons. The van der Waals surface area contributed by atoms with Gasteiger partial charge in [-0.2, -0.15) is 0 Å². The molecule has 0 saturated carbocycles. The van der Waals surface area contributed by atoms with Crippen LogP contribution in [0.2, 0.25) is 0 Å². The van der Waals surface area contributed by atoms with Crippen molar-refractivity contribution in [3.63, 3.8) is 0 Å². The van der Waals surface area contributed by atoms with Gasteiger partial charge in [-0.15, -0.1) is 0 Å². The molecule has 0 bridgehead atoms. The van der Waals surface area contributed by atoms with Crippen LogP contribution in [0.5, 0.6) is 0 Å². The summed E-state index contributed by atoms with van der Waals surface area (Å²) < 4.78 is 0.550. The molecule has 1 aromatic rings. The Hall–Kier alpha value is -1.63. The van der Waals surface area contributed by atoms with Crippen molar-refractivity contribution < 1.29 is 14.8 Å². The number of carboxylic acid groups (broad SMARTS) is 1. The molecule has 1 aromatic carbocycles. The lowest BCUT2D eigenvalue weighted by atomic mass is 9.87. The molecular weight excluding hydrogens is 340 g/mol. The van der Waals surface area contributed by atoms with Gasteiger partial charge in [-0.1, -0.05) is 0 Å². The highest BCUT2D eigenvalue weighted by Gasteiger charge is 2.42. The summed E-state index contributed by atoms with van der Waals surface area (Å²) in [5.74, 6) is -0.870. The Morgan fingerprint density at radius 2 is 2.14 bits per heavy atom. The quantitative estimate of drug-likeness (QED) is 0.661. The monoisotopic (exact) mass is 356 g/mol. The van der Waals surface area contributed by atoms with E-state index < -0.39 is 16.4 Å². The van der Waals surface area contributed by atoms with Crippen LogP contribution < -0.4 is 4.90 Å². The largest absolute Gasteiger partial charge is 0.480 e. The van der Waals surface area contributed by atoms with Gasteiger partial charge in [0.2, 0.25) is 0 Å². The number of hydrogen-bond donors (Lipinski definition) is 1. The van der Waals surface area contributed by atoms with Gasteiger partial charge in [-0.25, -0.2) is 4.79 Å². The Labute approximate surface area is 131 Å². The number of nitrogens with zero attached hydrogens (tertiary/aromatic N) is 2. The summed E-state index contributed by atoms with van der Waals surface area (Å²) in [6.07, 6.45) is 2.33. The Morgan fingerprint density at radius 3 is 2.71 bits per heavy atom. The zero-order chi connectivity index (χ0) is 15.8. The molecule has 1 aliphatic heterocycles. The molecule has 1 heterocycles. The predicted octanol–water partition coefficient (Wildman–Crippen LogP) is 3.50. The summed E-state index contributed by atoms with van der Waals surface area (Å²) in [4.78, 5) is 24.0. The first-order valence-corrected chi connectivity index (χ1v) is 7.52. The minimum Gasteiger partial charge on any atom is -0.480 e. The maximum Gasteiger partial charge on any atom is 0.329 e. The van der Waals surface area contributed by atoms with E-state index >= 15 is 0 Å². The molecule has 0 aromatic heterocycles. The maximum absolute atomic E-state index is 11.7. The molecule has 1 N–H and O–H groups in total. The second kappa shape index (κ2) is 5.63. The van der Waals surface area contributed by atoms with Gasteiger partial charge in [0.05, 0.1) is 10.6 Å². The zero-order valence-corrected chi connectivity index (χ0v) is 13.5. The number of nitro benzene ring substituents is 1. The number of rotatable bonds is 3. The summed E-state index contributed by atoms with van der Waals surface area (Å²) in [5, 5.41) is 20.5. The van der Waals surface area contributed by atoms with Gasteiger partial charge in [0.1, 0.15) is 5.54 Å². The summed E-state index contributed by atoms with van der Waals surface area (Å²) >= 11 is 3.35. The Bertz CT molecular complexity index is 605. The summed E-state index contributed by atoms with van der Waals surface area (Å²) in [6, 6.07) is 3.14. The Kier molecular flexibility index (Phi) is 4.22. The van der Waals surface area contributed by atoms with Crippen LogP contribution in [-0.2, 0) is 4.79 Å². The van der Waals surface area contributed by atoms with Gasteiger partial charge in [-0.05, 0) is 55.1 Å². The van der Waals surface area contributed by atoms with E-state index in [1.54, 1.807) is 19.9 Å². The molecule has 0 spiro atoms. The summed E-state index contributed by atoms with van der Waals surface area (Å²) in [5.41, 5.74) is 0.266. The van der Waals surface area contributed by atoms with E-state index in [4.69, 9.17) is 0 Å². The van der Waals surface area contributed by atoms with Crippen LogP contribution in [0, 0.1) is 17.0 Å². The van der Waals surface area contributed by atoms with Crippen LogP contribution >= 0.6 is 15.9 Å². The molecule has 1 fully saturated rings. The lowest BCUT2D eigenvalue weighted by Crippen LogP contribution is -2.55. The van der Waals surface area contributed by atoms with E-state index in [1.807, 2.05) is 4.90 Å². The number of hydrogen-bond acceptors (Lipinski definition) is 4. The number of piperidine rings is 1. The number of benzene rings is 1. The highest BCUT2D eigenvalue weighted by Crippen LogP contribution is 2.39. The van der Waals surface area contributed by atoms with E-state index in [-0.39, 0.29) is 5.69 Å². The van der Waals surface area contributed by atoms with E-state index in [0.717, 1.165) is 12.8 Å². The molecule has 1 saturated heterocycles. The highest BCUT2D eigenvalue weighted by molar-refractivity contribution is 9.10. The number of aliphatic carboxylic acids is 1. The number of carboxylic acids is 1. The molecule has 21 heavy (non-hydrogen) atoms. The minimum absolute atomic E-state index is 0.0275. The van der Waals surface area contributed by atoms with Crippen molar-refractivity contribution in [3.05, 3.63) is 32.3 Å². The van der Waals surface area contributed by atoms with Crippen molar-refractivity contribution in [2.75, 3.05) is 11.4 Å². The number of carbonyl (C=O) groups is 1. The number of aryl methyl sites for hydroxylation is 1. The molecule has 0 amide bonds. The molecule has 7 heteroatoms. The van der Waals surface area contributed by atoms with E-state index in [2.05, 4.69) is 15.9 Å². The van der Waals surface area contributed by atoms with Crippen LogP contribution in [-0.4, -0.2) is 28.1 Å². The molecule has 1 unspecified atom stereocenters. The molecule has 1 atom stereocenters. The summed E-state index contributed by atoms with van der Waals surface area (Å²) in [6.45, 7) is 3.99. The van der Waals surface area contributed by atoms with Crippen LogP contribution in [0.3, 0.4) is 0 Å². The van der Waals surface area contributed by atoms with Gasteiger partial charge < -0.3 is 10.0 Å². The lowest BCUT2D eigenvalue weighted by Gasteiger charge is -2.43. The smallest absolute Gasteiger partial charge is 0.329 e. The van der Waals surface area contributed by atoms with Crippen LogP contribution in [0.1, 0.15) is 31.7 Å². The average molecular weight is 357 g/mol. The first kappa shape index (κ1) is 15.8. The van der Waals surface area contributed by atoms with Crippen molar-refractivity contribution >= 4 is 33.3 Å². The van der Waals surface area contributed by atoms with Crippen molar-refractivity contribution in [1.82, 2.24) is 0 Å². The molecule has 0 aliphatic carbocycles. The topological polar surface area (TPSA) is 83.7 Å². The van der Waals surface area contributed by atoms with Gasteiger partial charge in [0, 0.05) is 22.6 Å². The fraction of sp³-hybridized carbons (Fsp3) is 0.500. The SMILES string of the molecule is Cc1cc(N2CCCCC2(C)C(=O)O)c(Br)cc1[N+](=O)[O-]. The van der Waals surface area contributed by atoms with Crippen molar-refractivity contribution in [1.29, 1.82) is 0 Å². The number of halogens is 1. The highest BCUT2D eigenvalue weighted by atomic mass is 79.9. The van der Waals surface area contributed by atoms with Crippen molar-refractivity contribution in [2.45, 2.75) is 38.6 Å². The van der Waals surface area contributed by atoms with Crippen molar-refractivity contribution in [2.24, 2.45) is 0 Å². The molecule has 1 aliphatic rings. The van der Waals surface area contributed by atoms with Gasteiger partial charge in [0.25, 0.3) is 5.69 Å². The van der Waals surface area contributed by atoms with Gasteiger partial charge >= 0.3 is 5.97 Å². The number of nitro groups is 1. The van der Waals surface area contributed by atoms with Gasteiger partial charge in [-0.3, -0.25) is 10.1 Å². The van der Waals surface area contributed by atoms with Crippen molar-refractivity contribution in [3.8, 4) is 0 Å². The van der Waals surface area contributed by atoms with E-state index in [9.17, 15) is 20.0 Å². The minimum atomic E-state index is -0.983. The third-order valence-electron chi connectivity index (χ3n) is 4.10. The first-order valence-electron chi connectivity index (χ1n) is 6.73. The van der Waals surface area contributed by atoms with E-state index in [1.165, 1.54) is 6.07 Å². The maximum atomic E-state index is 11.7. The summed E-state index contributed by atoms with van der Waals surface area (Å²) in [7, 11) is 0. The predicted molar refractivity (Wildman–Crippen MR) is 82.8 cm³/mol. The normalized spacial score (nSPS) is 22.1. The molecule has 6 nitrogen and oxygen atoms in total. The third-order valence-corrected chi connectivity index (χ3v) is 4.74. The second-order valence-corrected chi connectivity index (χ2v) is 6.39. The number of anilines is 1.